The van der Waals surface area contributed by atoms with Crippen molar-refractivity contribution < 1.29 is 9.90 Å². The van der Waals surface area contributed by atoms with Gasteiger partial charge in [-0.25, -0.2) is 14.8 Å². The topological polar surface area (TPSA) is 92.3 Å². The van der Waals surface area contributed by atoms with Crippen LogP contribution in [0.5, 0.6) is 0 Å². The van der Waals surface area contributed by atoms with E-state index < -0.39 is 5.97 Å². The van der Waals surface area contributed by atoms with Gasteiger partial charge in [0.1, 0.15) is 5.82 Å². The summed E-state index contributed by atoms with van der Waals surface area (Å²) in [5.74, 6) is -0.819. The fraction of sp³-hybridized carbons (Fsp3) is 0.250. The van der Waals surface area contributed by atoms with E-state index in [4.69, 9.17) is 5.73 Å². The molecule has 0 unspecified atom stereocenters. The maximum Gasteiger partial charge on any atom is 0.338 e. The van der Waals surface area contributed by atoms with Crippen LogP contribution in [0.1, 0.15) is 20.9 Å². The molecule has 0 atom stereocenters. The minimum absolute atomic E-state index is 0.150. The van der Waals surface area contributed by atoms with Crippen LogP contribution in [0.3, 0.4) is 0 Å². The normalized spacial score (nSPS) is 10.4. The van der Waals surface area contributed by atoms with Gasteiger partial charge in [-0.2, -0.15) is 0 Å². The molecule has 0 saturated carbocycles. The molecule has 0 amide bonds. The number of aryl methyl sites for hydroxylation is 1. The third kappa shape index (κ3) is 2.82. The Morgan fingerprint density at radius 2 is 2.26 bits per heavy atom. The van der Waals surface area contributed by atoms with E-state index >= 15 is 0 Å². The van der Waals surface area contributed by atoms with Crippen LogP contribution in [0.4, 0.5) is 11.5 Å². The number of nitrogens with zero attached hydrogens (tertiary/aromatic N) is 3. The van der Waals surface area contributed by atoms with Crippen molar-refractivity contribution in [2.75, 3.05) is 17.7 Å². The molecule has 0 bridgehead atoms. The van der Waals surface area contributed by atoms with Crippen LogP contribution in [0.25, 0.3) is 0 Å². The summed E-state index contributed by atoms with van der Waals surface area (Å²) in [6.07, 6.45) is 1.48. The molecule has 0 aliphatic heterocycles. The summed E-state index contributed by atoms with van der Waals surface area (Å²) in [6.45, 7) is 2.52. The smallest absolute Gasteiger partial charge is 0.338 e. The van der Waals surface area contributed by atoms with Gasteiger partial charge in [0.15, 0.2) is 0 Å². The van der Waals surface area contributed by atoms with E-state index in [-0.39, 0.29) is 11.4 Å². The van der Waals surface area contributed by atoms with E-state index in [0.717, 1.165) is 10.6 Å². The van der Waals surface area contributed by atoms with Crippen LogP contribution in [0.2, 0.25) is 0 Å². The second-order valence-corrected chi connectivity index (χ2v) is 5.09. The Hall–Kier alpha value is -2.15. The molecule has 0 fully saturated rings. The first-order valence-corrected chi connectivity index (χ1v) is 6.46. The van der Waals surface area contributed by atoms with E-state index in [1.165, 1.54) is 12.3 Å². The van der Waals surface area contributed by atoms with E-state index in [1.54, 1.807) is 16.8 Å². The van der Waals surface area contributed by atoms with Gasteiger partial charge in [0, 0.05) is 11.9 Å². The molecule has 3 N–H and O–H groups in total. The van der Waals surface area contributed by atoms with Crippen molar-refractivity contribution in [1.82, 2.24) is 9.97 Å². The molecule has 0 spiro atoms. The zero-order chi connectivity index (χ0) is 14.0. The number of aromatic carboxylic acids is 1. The minimum Gasteiger partial charge on any atom is -0.478 e. The van der Waals surface area contributed by atoms with Crippen molar-refractivity contribution in [1.29, 1.82) is 0 Å². The number of hydrogen-bond donors (Lipinski definition) is 2. The van der Waals surface area contributed by atoms with Crippen LogP contribution in [-0.4, -0.2) is 28.1 Å². The van der Waals surface area contributed by atoms with E-state index in [0.29, 0.717) is 12.2 Å². The van der Waals surface area contributed by atoms with Gasteiger partial charge in [-0.15, -0.1) is 11.3 Å². The molecule has 100 valence electrons. The highest BCUT2D eigenvalue weighted by molar-refractivity contribution is 7.09. The Morgan fingerprint density at radius 1 is 1.53 bits per heavy atom. The first kappa shape index (κ1) is 13.3. The first-order chi connectivity index (χ1) is 8.99. The molecule has 0 aliphatic rings. The van der Waals surface area contributed by atoms with Crippen LogP contribution < -0.4 is 10.6 Å². The summed E-state index contributed by atoms with van der Waals surface area (Å²) in [5.41, 5.74) is 8.94. The van der Waals surface area contributed by atoms with Crippen molar-refractivity contribution in [3.63, 3.8) is 0 Å². The molecule has 0 aromatic carbocycles. The van der Waals surface area contributed by atoms with Gasteiger partial charge in [0.2, 0.25) is 0 Å². The molecule has 6 nitrogen and oxygen atoms in total. The maximum atomic E-state index is 11.2. The quantitative estimate of drug-likeness (QED) is 0.885. The SMILES string of the molecule is Cc1ncsc1CN(C)c1cnc(N)cc1C(=O)O. The molecule has 2 rings (SSSR count). The van der Waals surface area contributed by atoms with E-state index in [9.17, 15) is 9.90 Å². The third-order valence-corrected chi connectivity index (χ3v) is 3.69. The second kappa shape index (κ2) is 5.23. The summed E-state index contributed by atoms with van der Waals surface area (Å²) in [5, 5.41) is 9.20. The van der Waals surface area contributed by atoms with E-state index in [2.05, 4.69) is 9.97 Å². The Bertz CT molecular complexity index is 612. The number of anilines is 2. The van der Waals surface area contributed by atoms with Gasteiger partial charge in [0.25, 0.3) is 0 Å². The van der Waals surface area contributed by atoms with Crippen molar-refractivity contribution in [2.45, 2.75) is 13.5 Å². The predicted molar refractivity (Wildman–Crippen MR) is 74.6 cm³/mol. The highest BCUT2D eigenvalue weighted by atomic mass is 32.1. The number of carboxylic acids is 1. The number of rotatable bonds is 4. The molecule has 2 aromatic heterocycles. The van der Waals surface area contributed by atoms with Gasteiger partial charge in [-0.1, -0.05) is 0 Å². The van der Waals surface area contributed by atoms with Crippen LogP contribution in [-0.2, 0) is 6.54 Å². The zero-order valence-corrected chi connectivity index (χ0v) is 11.4. The molecule has 2 heterocycles. The van der Waals surface area contributed by atoms with Crippen molar-refractivity contribution in [3.05, 3.63) is 33.9 Å². The summed E-state index contributed by atoms with van der Waals surface area (Å²) < 4.78 is 0. The molecule has 0 radical (unpaired) electrons. The number of hydrogen-bond acceptors (Lipinski definition) is 6. The fourth-order valence-electron chi connectivity index (χ4n) is 1.72. The maximum absolute atomic E-state index is 11.2. The average Bonchev–Trinajstić information content (AvgIpc) is 2.74. The van der Waals surface area contributed by atoms with Gasteiger partial charge >= 0.3 is 5.97 Å². The lowest BCUT2D eigenvalue weighted by atomic mass is 10.2. The standard InChI is InChI=1S/C12H14N4O2S/c1-7-10(19-6-15-7)5-16(2)9-4-14-11(13)3-8(9)12(17)18/h3-4,6H,5H2,1-2H3,(H2,13,14)(H,17,18). The lowest BCUT2D eigenvalue weighted by Gasteiger charge is -2.20. The first-order valence-electron chi connectivity index (χ1n) is 5.58. The molecule has 7 heteroatoms. The number of thiazole rings is 1. The zero-order valence-electron chi connectivity index (χ0n) is 10.6. The number of nitrogens with two attached hydrogens (primary N) is 1. The van der Waals surface area contributed by atoms with Crippen molar-refractivity contribution in [2.24, 2.45) is 0 Å². The number of aromatic nitrogens is 2. The molecule has 19 heavy (non-hydrogen) atoms. The fourth-order valence-corrected chi connectivity index (χ4v) is 2.55. The average molecular weight is 278 g/mol. The van der Waals surface area contributed by atoms with E-state index in [1.807, 2.05) is 18.9 Å². The van der Waals surface area contributed by atoms with Gasteiger partial charge in [-0.3, -0.25) is 0 Å². The summed E-state index contributed by atoms with van der Waals surface area (Å²) in [7, 11) is 1.82. The second-order valence-electron chi connectivity index (χ2n) is 4.15. The van der Waals surface area contributed by atoms with Crippen molar-refractivity contribution >= 4 is 28.8 Å². The monoisotopic (exact) mass is 278 g/mol. The Balaban J connectivity index is 2.31. The lowest BCUT2D eigenvalue weighted by molar-refractivity contribution is 0.0697. The highest BCUT2D eigenvalue weighted by Crippen LogP contribution is 2.23. The Morgan fingerprint density at radius 3 is 2.84 bits per heavy atom. The van der Waals surface area contributed by atoms with Gasteiger partial charge < -0.3 is 15.7 Å². The third-order valence-electron chi connectivity index (χ3n) is 2.77. The largest absolute Gasteiger partial charge is 0.478 e. The molecule has 2 aromatic rings. The number of carbonyl (C=O) groups is 1. The lowest BCUT2D eigenvalue weighted by Crippen LogP contribution is -2.20. The van der Waals surface area contributed by atoms with Gasteiger partial charge in [0.05, 0.1) is 35.2 Å². The number of nitrogen functional groups attached to an aromatic ring is 1. The van der Waals surface area contributed by atoms with Gasteiger partial charge in [-0.05, 0) is 13.0 Å². The molecular formula is C12H14N4O2S. The summed E-state index contributed by atoms with van der Waals surface area (Å²) in [6, 6.07) is 1.37. The van der Waals surface area contributed by atoms with Crippen LogP contribution >= 0.6 is 11.3 Å². The van der Waals surface area contributed by atoms with Crippen LogP contribution in [0, 0.1) is 6.92 Å². The minimum atomic E-state index is -1.02. The highest BCUT2D eigenvalue weighted by Gasteiger charge is 2.16. The van der Waals surface area contributed by atoms with Crippen molar-refractivity contribution in [3.8, 4) is 0 Å². The Kier molecular flexibility index (Phi) is 3.66. The van der Waals surface area contributed by atoms with Crippen LogP contribution in [0.15, 0.2) is 17.8 Å². The molecule has 0 aliphatic carbocycles. The number of carboxylic acid groups (broad SMARTS) is 1. The predicted octanol–water partition coefficient (Wildman–Crippen LogP) is 1.76. The summed E-state index contributed by atoms with van der Waals surface area (Å²) in [4.78, 5) is 22.3. The Labute approximate surface area is 114 Å². The molecular weight excluding hydrogens is 264 g/mol. The summed E-state index contributed by atoms with van der Waals surface area (Å²) >= 11 is 1.54. The molecule has 0 saturated heterocycles. The number of pyridine rings is 1.